The Balaban J connectivity index is 2.58. The molecule has 0 radical (unpaired) electrons. The van der Waals surface area contributed by atoms with E-state index in [1.54, 1.807) is 18.2 Å². The van der Waals surface area contributed by atoms with Crippen molar-refractivity contribution in [3.63, 3.8) is 0 Å². The van der Waals surface area contributed by atoms with Crippen molar-refractivity contribution < 1.29 is 18.3 Å². The molecule has 0 fully saturated rings. The van der Waals surface area contributed by atoms with Gasteiger partial charge in [0.1, 0.15) is 0 Å². The van der Waals surface area contributed by atoms with Crippen molar-refractivity contribution in [3.8, 4) is 0 Å². The molecule has 0 saturated heterocycles. The zero-order valence-electron chi connectivity index (χ0n) is 9.41. The summed E-state index contributed by atoms with van der Waals surface area (Å²) in [6.07, 6.45) is -0.302. The molecule has 1 unspecified atom stereocenters. The van der Waals surface area contributed by atoms with E-state index in [4.69, 9.17) is 10.9 Å². The van der Waals surface area contributed by atoms with Crippen LogP contribution in [-0.2, 0) is 14.6 Å². The minimum atomic E-state index is -3.48. The second kappa shape index (κ2) is 4.41. The Labute approximate surface area is 104 Å². The highest BCUT2D eigenvalue weighted by atomic mass is 32.2. The zero-order chi connectivity index (χ0) is 13.3. The molecule has 0 spiro atoms. The summed E-state index contributed by atoms with van der Waals surface area (Å²) in [5.41, 5.74) is 0.736. The van der Waals surface area contributed by atoms with Crippen LogP contribution in [0.15, 0.2) is 34.3 Å². The normalized spacial score (nSPS) is 23.6. The molecule has 0 bridgehead atoms. The topological polar surface area (TPSA) is 110 Å². The van der Waals surface area contributed by atoms with Gasteiger partial charge in [0.15, 0.2) is 9.84 Å². The van der Waals surface area contributed by atoms with Gasteiger partial charge in [-0.1, -0.05) is 18.2 Å². The Morgan fingerprint density at radius 2 is 2.11 bits per heavy atom. The molecule has 1 aliphatic rings. The van der Waals surface area contributed by atoms with Gasteiger partial charge in [0.05, 0.1) is 22.8 Å². The average molecular weight is 268 g/mol. The highest BCUT2D eigenvalue weighted by molar-refractivity contribution is 7.91. The van der Waals surface area contributed by atoms with Crippen molar-refractivity contribution in [2.75, 3.05) is 5.75 Å². The summed E-state index contributed by atoms with van der Waals surface area (Å²) in [5.74, 6) is 3.23. The predicted molar refractivity (Wildman–Crippen MR) is 65.0 cm³/mol. The van der Waals surface area contributed by atoms with E-state index in [0.29, 0.717) is 11.3 Å². The number of hydrazone groups is 1. The number of aliphatic carboxylic acids is 1. The average Bonchev–Trinajstić information content (AvgIpc) is 2.28. The SMILES string of the molecule is N/N=C1\c2ccccc2S(=O)(=O)CC1CC(=O)O. The van der Waals surface area contributed by atoms with Gasteiger partial charge in [0.25, 0.3) is 0 Å². The number of carboxylic acids is 1. The first-order valence-corrected chi connectivity index (χ1v) is 6.92. The molecule has 6 nitrogen and oxygen atoms in total. The molecule has 18 heavy (non-hydrogen) atoms. The highest BCUT2D eigenvalue weighted by Gasteiger charge is 2.36. The van der Waals surface area contributed by atoms with Crippen LogP contribution in [0.2, 0.25) is 0 Å². The molecule has 0 aliphatic carbocycles. The fraction of sp³-hybridized carbons (Fsp3) is 0.273. The first-order valence-electron chi connectivity index (χ1n) is 5.27. The highest BCUT2D eigenvalue weighted by Crippen LogP contribution is 2.29. The van der Waals surface area contributed by atoms with Crippen LogP contribution in [0.1, 0.15) is 12.0 Å². The lowest BCUT2D eigenvalue weighted by Gasteiger charge is -2.24. The fourth-order valence-electron chi connectivity index (χ4n) is 2.14. The first kappa shape index (κ1) is 12.6. The Bertz CT molecular complexity index is 622. The van der Waals surface area contributed by atoms with Crippen LogP contribution < -0.4 is 5.84 Å². The van der Waals surface area contributed by atoms with Crippen LogP contribution in [0, 0.1) is 5.92 Å². The molecule has 1 aromatic carbocycles. The molecular weight excluding hydrogens is 256 g/mol. The van der Waals surface area contributed by atoms with Crippen LogP contribution in [0.4, 0.5) is 0 Å². The van der Waals surface area contributed by atoms with Gasteiger partial charge in [-0.3, -0.25) is 4.79 Å². The summed E-state index contributed by atoms with van der Waals surface area (Å²) in [5, 5.41) is 12.4. The van der Waals surface area contributed by atoms with Crippen molar-refractivity contribution in [1.82, 2.24) is 0 Å². The van der Waals surface area contributed by atoms with Crippen molar-refractivity contribution in [1.29, 1.82) is 0 Å². The Kier molecular flexibility index (Phi) is 3.08. The van der Waals surface area contributed by atoms with E-state index in [1.165, 1.54) is 6.07 Å². The summed E-state index contributed by atoms with van der Waals surface area (Å²) in [6.45, 7) is 0. The van der Waals surface area contributed by atoms with E-state index in [9.17, 15) is 13.2 Å². The summed E-state index contributed by atoms with van der Waals surface area (Å²) >= 11 is 0. The smallest absolute Gasteiger partial charge is 0.304 e. The molecule has 0 amide bonds. The Morgan fingerprint density at radius 3 is 2.72 bits per heavy atom. The van der Waals surface area contributed by atoms with E-state index >= 15 is 0 Å². The minimum absolute atomic E-state index is 0.163. The Hall–Kier alpha value is -1.89. The van der Waals surface area contributed by atoms with Gasteiger partial charge in [0.2, 0.25) is 0 Å². The molecule has 1 heterocycles. The number of benzene rings is 1. The van der Waals surface area contributed by atoms with E-state index in [1.807, 2.05) is 0 Å². The van der Waals surface area contributed by atoms with Gasteiger partial charge < -0.3 is 10.9 Å². The second-order valence-electron chi connectivity index (χ2n) is 4.09. The summed E-state index contributed by atoms with van der Waals surface area (Å²) < 4.78 is 24.1. The van der Waals surface area contributed by atoms with Gasteiger partial charge >= 0.3 is 5.97 Å². The molecule has 3 N–H and O–H groups in total. The van der Waals surface area contributed by atoms with E-state index < -0.39 is 21.7 Å². The molecule has 1 aliphatic heterocycles. The molecule has 96 valence electrons. The standard InChI is InChI=1S/C11H12N2O4S/c12-13-11-7(5-10(14)15)6-18(16,17)9-4-2-1-3-8(9)11/h1-4,7H,5-6,12H2,(H,14,15)/b13-11-. The number of hydrogen-bond acceptors (Lipinski definition) is 5. The number of nitrogens with zero attached hydrogens (tertiary/aromatic N) is 1. The third kappa shape index (κ3) is 2.08. The molecule has 0 aromatic heterocycles. The first-order chi connectivity index (χ1) is 8.45. The predicted octanol–water partition coefficient (Wildman–Crippen LogP) is 0.228. The number of fused-ring (bicyclic) bond motifs is 1. The van der Waals surface area contributed by atoms with Crippen LogP contribution in [0.3, 0.4) is 0 Å². The maximum Gasteiger partial charge on any atom is 0.304 e. The Morgan fingerprint density at radius 1 is 1.44 bits per heavy atom. The number of carbonyl (C=O) groups is 1. The molecule has 7 heteroatoms. The quantitative estimate of drug-likeness (QED) is 0.589. The van der Waals surface area contributed by atoms with Crippen molar-refractivity contribution >= 4 is 21.5 Å². The number of hydrogen-bond donors (Lipinski definition) is 2. The second-order valence-corrected chi connectivity index (χ2v) is 6.09. The minimum Gasteiger partial charge on any atom is -0.481 e. The van der Waals surface area contributed by atoms with Gasteiger partial charge in [-0.25, -0.2) is 8.42 Å². The molecular formula is C11H12N2O4S. The van der Waals surface area contributed by atoms with Crippen LogP contribution in [0.25, 0.3) is 0 Å². The van der Waals surface area contributed by atoms with Crippen molar-refractivity contribution in [2.45, 2.75) is 11.3 Å². The fourth-order valence-corrected chi connectivity index (χ4v) is 3.92. The third-order valence-electron chi connectivity index (χ3n) is 2.87. The monoisotopic (exact) mass is 268 g/mol. The molecule has 2 rings (SSSR count). The van der Waals surface area contributed by atoms with Crippen molar-refractivity contribution in [3.05, 3.63) is 29.8 Å². The molecule has 1 atom stereocenters. The number of carboxylic acid groups (broad SMARTS) is 1. The summed E-state index contributed by atoms with van der Waals surface area (Å²) in [6, 6.07) is 6.35. The largest absolute Gasteiger partial charge is 0.481 e. The van der Waals surface area contributed by atoms with Crippen LogP contribution in [0.5, 0.6) is 0 Å². The number of rotatable bonds is 2. The molecule has 1 aromatic rings. The third-order valence-corrected chi connectivity index (χ3v) is 4.73. The number of nitrogens with two attached hydrogens (primary N) is 1. The maximum atomic E-state index is 12.0. The maximum absolute atomic E-state index is 12.0. The van der Waals surface area contributed by atoms with Gasteiger partial charge in [-0.2, -0.15) is 5.10 Å². The van der Waals surface area contributed by atoms with Gasteiger partial charge in [-0.15, -0.1) is 0 Å². The van der Waals surface area contributed by atoms with Crippen LogP contribution >= 0.6 is 0 Å². The van der Waals surface area contributed by atoms with E-state index in [-0.39, 0.29) is 17.1 Å². The lowest BCUT2D eigenvalue weighted by molar-refractivity contribution is -0.137. The summed E-state index contributed by atoms with van der Waals surface area (Å²) in [4.78, 5) is 10.9. The van der Waals surface area contributed by atoms with E-state index in [0.717, 1.165) is 0 Å². The van der Waals surface area contributed by atoms with Gasteiger partial charge in [0, 0.05) is 11.5 Å². The van der Waals surface area contributed by atoms with E-state index in [2.05, 4.69) is 5.10 Å². The van der Waals surface area contributed by atoms with Crippen LogP contribution in [-0.4, -0.2) is 31.0 Å². The lowest BCUT2D eigenvalue weighted by atomic mass is 9.95. The van der Waals surface area contributed by atoms with Gasteiger partial charge in [-0.05, 0) is 6.07 Å². The zero-order valence-corrected chi connectivity index (χ0v) is 10.2. The number of sulfone groups is 1. The lowest BCUT2D eigenvalue weighted by Crippen LogP contribution is -2.34. The van der Waals surface area contributed by atoms with Crippen molar-refractivity contribution in [2.24, 2.45) is 16.9 Å². The molecule has 0 saturated carbocycles. The summed E-state index contributed by atoms with van der Waals surface area (Å²) in [7, 11) is -3.48.